The SMILES string of the molecule is CCC1C(N)C2CCCCCCC12. The van der Waals surface area contributed by atoms with E-state index in [1.165, 1.54) is 44.9 Å². The predicted octanol–water partition coefficient (Wildman–Crippen LogP) is 2.94. The van der Waals surface area contributed by atoms with Crippen molar-refractivity contribution < 1.29 is 0 Å². The van der Waals surface area contributed by atoms with Crippen LogP contribution in [-0.4, -0.2) is 6.04 Å². The van der Waals surface area contributed by atoms with Crippen LogP contribution in [0.2, 0.25) is 0 Å². The molecule has 2 fully saturated rings. The summed E-state index contributed by atoms with van der Waals surface area (Å²) in [5, 5.41) is 0. The van der Waals surface area contributed by atoms with Gasteiger partial charge in [-0.1, -0.05) is 39.0 Å². The first-order valence-electron chi connectivity index (χ1n) is 6.10. The van der Waals surface area contributed by atoms with E-state index in [0.29, 0.717) is 6.04 Å². The van der Waals surface area contributed by atoms with Crippen molar-refractivity contribution in [1.29, 1.82) is 0 Å². The summed E-state index contributed by atoms with van der Waals surface area (Å²) in [5.41, 5.74) is 6.21. The Morgan fingerprint density at radius 1 is 1.00 bits per heavy atom. The van der Waals surface area contributed by atoms with Gasteiger partial charge in [-0.2, -0.15) is 0 Å². The first kappa shape index (κ1) is 9.51. The minimum atomic E-state index is 0.549. The van der Waals surface area contributed by atoms with Gasteiger partial charge in [0.25, 0.3) is 0 Å². The molecule has 4 unspecified atom stereocenters. The van der Waals surface area contributed by atoms with Crippen LogP contribution in [0.5, 0.6) is 0 Å². The third-order valence-electron chi connectivity index (χ3n) is 4.38. The number of rotatable bonds is 1. The minimum absolute atomic E-state index is 0.549. The highest BCUT2D eigenvalue weighted by Gasteiger charge is 2.45. The molecule has 0 radical (unpaired) electrons. The van der Waals surface area contributed by atoms with E-state index in [1.54, 1.807) is 0 Å². The second kappa shape index (κ2) is 4.00. The lowest BCUT2D eigenvalue weighted by molar-refractivity contribution is 0.0117. The summed E-state index contributed by atoms with van der Waals surface area (Å²) in [6, 6.07) is 0.549. The molecule has 2 aliphatic carbocycles. The lowest BCUT2D eigenvalue weighted by atomic mass is 9.56. The van der Waals surface area contributed by atoms with Crippen molar-refractivity contribution in [2.75, 3.05) is 0 Å². The highest BCUT2D eigenvalue weighted by molar-refractivity contribution is 4.99. The monoisotopic (exact) mass is 181 g/mol. The number of hydrogen-bond donors (Lipinski definition) is 1. The van der Waals surface area contributed by atoms with Crippen LogP contribution in [0.4, 0.5) is 0 Å². The molecule has 0 aliphatic heterocycles. The van der Waals surface area contributed by atoms with E-state index in [0.717, 1.165) is 17.8 Å². The van der Waals surface area contributed by atoms with Gasteiger partial charge in [0.15, 0.2) is 0 Å². The van der Waals surface area contributed by atoms with Crippen LogP contribution in [0.3, 0.4) is 0 Å². The zero-order valence-electron chi connectivity index (χ0n) is 8.84. The van der Waals surface area contributed by atoms with Crippen LogP contribution in [-0.2, 0) is 0 Å². The average molecular weight is 181 g/mol. The van der Waals surface area contributed by atoms with Gasteiger partial charge in [0, 0.05) is 6.04 Å². The van der Waals surface area contributed by atoms with E-state index in [1.807, 2.05) is 0 Å². The Hall–Kier alpha value is -0.0400. The van der Waals surface area contributed by atoms with E-state index in [9.17, 15) is 0 Å². The lowest BCUT2D eigenvalue weighted by Gasteiger charge is -2.51. The summed E-state index contributed by atoms with van der Waals surface area (Å²) < 4.78 is 0. The zero-order chi connectivity index (χ0) is 9.26. The quantitative estimate of drug-likeness (QED) is 0.661. The molecular formula is C12H23N. The van der Waals surface area contributed by atoms with E-state index in [4.69, 9.17) is 5.73 Å². The first-order chi connectivity index (χ1) is 6.34. The molecule has 76 valence electrons. The molecule has 0 aromatic heterocycles. The Morgan fingerprint density at radius 2 is 1.62 bits per heavy atom. The molecule has 2 saturated carbocycles. The first-order valence-corrected chi connectivity index (χ1v) is 6.10. The van der Waals surface area contributed by atoms with Gasteiger partial charge in [-0.3, -0.25) is 0 Å². The molecule has 2 N–H and O–H groups in total. The van der Waals surface area contributed by atoms with Crippen LogP contribution >= 0.6 is 0 Å². The van der Waals surface area contributed by atoms with Gasteiger partial charge >= 0.3 is 0 Å². The maximum atomic E-state index is 6.21. The summed E-state index contributed by atoms with van der Waals surface area (Å²) in [6.45, 7) is 2.31. The van der Waals surface area contributed by atoms with Crippen molar-refractivity contribution in [2.45, 2.75) is 57.9 Å². The van der Waals surface area contributed by atoms with Gasteiger partial charge in [-0.15, -0.1) is 0 Å². The molecule has 0 bridgehead atoms. The molecule has 13 heavy (non-hydrogen) atoms. The van der Waals surface area contributed by atoms with Crippen LogP contribution in [0.1, 0.15) is 51.9 Å². The van der Waals surface area contributed by atoms with Gasteiger partial charge in [0.1, 0.15) is 0 Å². The molecule has 1 nitrogen and oxygen atoms in total. The maximum absolute atomic E-state index is 6.21. The predicted molar refractivity (Wildman–Crippen MR) is 56.4 cm³/mol. The number of hydrogen-bond acceptors (Lipinski definition) is 1. The smallest absolute Gasteiger partial charge is 0.0101 e. The fourth-order valence-electron chi connectivity index (χ4n) is 3.58. The van der Waals surface area contributed by atoms with E-state index in [-0.39, 0.29) is 0 Å². The molecule has 0 spiro atoms. The average Bonchev–Trinajstić information content (AvgIpc) is 2.09. The van der Waals surface area contributed by atoms with Gasteiger partial charge in [-0.05, 0) is 30.6 Å². The summed E-state index contributed by atoms with van der Waals surface area (Å²) in [4.78, 5) is 0. The van der Waals surface area contributed by atoms with Gasteiger partial charge < -0.3 is 5.73 Å². The molecule has 1 heteroatoms. The van der Waals surface area contributed by atoms with E-state index < -0.39 is 0 Å². The maximum Gasteiger partial charge on any atom is 0.0101 e. The largest absolute Gasteiger partial charge is 0.327 e. The summed E-state index contributed by atoms with van der Waals surface area (Å²) in [5.74, 6) is 2.76. The fraction of sp³-hybridized carbons (Fsp3) is 1.00. The van der Waals surface area contributed by atoms with Crippen molar-refractivity contribution in [3.63, 3.8) is 0 Å². The van der Waals surface area contributed by atoms with Crippen molar-refractivity contribution in [2.24, 2.45) is 23.5 Å². The highest BCUT2D eigenvalue weighted by atomic mass is 14.8. The van der Waals surface area contributed by atoms with Gasteiger partial charge in [0.05, 0.1) is 0 Å². The number of nitrogens with two attached hydrogens (primary N) is 1. The molecule has 0 aromatic rings. The zero-order valence-corrected chi connectivity index (χ0v) is 8.84. The molecule has 0 aromatic carbocycles. The molecule has 0 amide bonds. The van der Waals surface area contributed by atoms with Gasteiger partial charge in [0.2, 0.25) is 0 Å². The van der Waals surface area contributed by atoms with Gasteiger partial charge in [-0.25, -0.2) is 0 Å². The topological polar surface area (TPSA) is 26.0 Å². The van der Waals surface area contributed by atoms with Crippen LogP contribution in [0, 0.1) is 17.8 Å². The lowest BCUT2D eigenvalue weighted by Crippen LogP contribution is -2.56. The Balaban J connectivity index is 1.94. The van der Waals surface area contributed by atoms with Crippen molar-refractivity contribution in [3.05, 3.63) is 0 Å². The van der Waals surface area contributed by atoms with Crippen molar-refractivity contribution in [1.82, 2.24) is 0 Å². The highest BCUT2D eigenvalue weighted by Crippen LogP contribution is 2.47. The molecule has 0 heterocycles. The molecule has 2 aliphatic rings. The summed E-state index contributed by atoms with van der Waals surface area (Å²) in [7, 11) is 0. The molecule has 2 rings (SSSR count). The third kappa shape index (κ3) is 1.63. The number of fused-ring (bicyclic) bond motifs is 1. The third-order valence-corrected chi connectivity index (χ3v) is 4.38. The second-order valence-electron chi connectivity index (χ2n) is 4.97. The van der Waals surface area contributed by atoms with Crippen LogP contribution < -0.4 is 5.73 Å². The fourth-order valence-corrected chi connectivity index (χ4v) is 3.58. The Labute approximate surface area is 82.1 Å². The molecule has 0 saturated heterocycles. The normalized spacial score (nSPS) is 45.7. The standard InChI is InChI=1S/C12H23N/c1-2-9-10-7-5-3-4-6-8-11(10)12(9)13/h9-12H,2-8,13H2,1H3. The van der Waals surface area contributed by atoms with Crippen molar-refractivity contribution in [3.8, 4) is 0 Å². The Kier molecular flexibility index (Phi) is 2.92. The van der Waals surface area contributed by atoms with E-state index >= 15 is 0 Å². The minimum Gasteiger partial charge on any atom is -0.327 e. The Bertz CT molecular complexity index is 167. The Morgan fingerprint density at radius 3 is 2.23 bits per heavy atom. The van der Waals surface area contributed by atoms with Crippen molar-refractivity contribution >= 4 is 0 Å². The summed E-state index contributed by atoms with van der Waals surface area (Å²) >= 11 is 0. The molecular weight excluding hydrogens is 158 g/mol. The van der Waals surface area contributed by atoms with E-state index in [2.05, 4.69) is 6.92 Å². The summed E-state index contributed by atoms with van der Waals surface area (Å²) in [6.07, 6.45) is 10.0. The van der Waals surface area contributed by atoms with Crippen LogP contribution in [0.15, 0.2) is 0 Å². The second-order valence-corrected chi connectivity index (χ2v) is 4.97. The van der Waals surface area contributed by atoms with Crippen LogP contribution in [0.25, 0.3) is 0 Å². The molecule has 4 atom stereocenters.